The number of amides is 1. The summed E-state index contributed by atoms with van der Waals surface area (Å²) in [5, 5.41) is 4.22. The Hall–Kier alpha value is -2.14. The lowest BCUT2D eigenvalue weighted by molar-refractivity contribution is -0.00718. The second kappa shape index (κ2) is 7.18. The van der Waals surface area contributed by atoms with Crippen molar-refractivity contribution in [2.24, 2.45) is 13.0 Å². The monoisotopic (exact) mass is 327 g/mol. The summed E-state index contributed by atoms with van der Waals surface area (Å²) in [6.07, 6.45) is 3.80. The van der Waals surface area contributed by atoms with Crippen molar-refractivity contribution in [2.75, 3.05) is 20.2 Å². The molecule has 24 heavy (non-hydrogen) atoms. The molecule has 1 fully saturated rings. The number of benzene rings is 1. The quantitative estimate of drug-likeness (QED) is 0.866. The van der Waals surface area contributed by atoms with E-state index in [4.69, 9.17) is 4.74 Å². The van der Waals surface area contributed by atoms with Crippen LogP contribution in [0.1, 0.15) is 28.0 Å². The SMILES string of the molecule is CO[C@H]1CN(C(=O)c2ccn(C)n2)CC[C@@H]1Cc1ccc(C)cc1. The molecule has 1 saturated heterocycles. The Bertz CT molecular complexity index is 693. The van der Waals surface area contributed by atoms with Crippen LogP contribution in [0.15, 0.2) is 36.5 Å². The molecule has 2 heterocycles. The average Bonchev–Trinajstić information content (AvgIpc) is 3.03. The molecule has 1 amide bonds. The number of methoxy groups -OCH3 is 1. The van der Waals surface area contributed by atoms with E-state index in [-0.39, 0.29) is 12.0 Å². The molecule has 0 saturated carbocycles. The minimum atomic E-state index is -0.00793. The van der Waals surface area contributed by atoms with Crippen LogP contribution in [0.2, 0.25) is 0 Å². The van der Waals surface area contributed by atoms with E-state index in [9.17, 15) is 4.79 Å². The average molecular weight is 327 g/mol. The molecule has 0 radical (unpaired) electrons. The van der Waals surface area contributed by atoms with Gasteiger partial charge in [0.1, 0.15) is 5.69 Å². The van der Waals surface area contributed by atoms with E-state index < -0.39 is 0 Å². The van der Waals surface area contributed by atoms with E-state index in [1.54, 1.807) is 24.1 Å². The van der Waals surface area contributed by atoms with Crippen LogP contribution in [0.25, 0.3) is 0 Å². The number of rotatable bonds is 4. The van der Waals surface area contributed by atoms with Crippen LogP contribution in [0.5, 0.6) is 0 Å². The van der Waals surface area contributed by atoms with Gasteiger partial charge in [-0.25, -0.2) is 0 Å². The highest BCUT2D eigenvalue weighted by Gasteiger charge is 2.32. The number of carbonyl (C=O) groups excluding carboxylic acids is 1. The van der Waals surface area contributed by atoms with Gasteiger partial charge in [0.05, 0.1) is 6.10 Å². The maximum absolute atomic E-state index is 12.6. The molecule has 5 heteroatoms. The van der Waals surface area contributed by atoms with Crippen LogP contribution in [0.4, 0.5) is 0 Å². The second-order valence-corrected chi connectivity index (χ2v) is 6.64. The fourth-order valence-electron chi connectivity index (χ4n) is 3.37. The van der Waals surface area contributed by atoms with Gasteiger partial charge in [-0.2, -0.15) is 5.10 Å². The third kappa shape index (κ3) is 3.67. The number of ether oxygens (including phenoxy) is 1. The van der Waals surface area contributed by atoms with Crippen LogP contribution in [-0.4, -0.2) is 46.9 Å². The molecule has 3 rings (SSSR count). The molecule has 128 valence electrons. The Morgan fingerprint density at radius 1 is 1.29 bits per heavy atom. The first kappa shape index (κ1) is 16.7. The number of nitrogens with zero attached hydrogens (tertiary/aromatic N) is 3. The number of aryl methyl sites for hydroxylation is 2. The molecule has 0 aliphatic carbocycles. The lowest BCUT2D eigenvalue weighted by Crippen LogP contribution is -2.48. The molecular formula is C19H25N3O2. The van der Waals surface area contributed by atoms with E-state index in [0.29, 0.717) is 18.2 Å². The Morgan fingerprint density at radius 3 is 2.67 bits per heavy atom. The Balaban J connectivity index is 1.65. The minimum Gasteiger partial charge on any atom is -0.379 e. The van der Waals surface area contributed by atoms with Gasteiger partial charge in [-0.1, -0.05) is 29.8 Å². The first-order valence-corrected chi connectivity index (χ1v) is 8.44. The molecule has 1 aliphatic rings. The maximum Gasteiger partial charge on any atom is 0.274 e. The van der Waals surface area contributed by atoms with Crippen LogP contribution in [0, 0.1) is 12.8 Å². The van der Waals surface area contributed by atoms with Crippen molar-refractivity contribution < 1.29 is 9.53 Å². The molecule has 0 bridgehead atoms. The van der Waals surface area contributed by atoms with Gasteiger partial charge in [-0.3, -0.25) is 9.48 Å². The highest BCUT2D eigenvalue weighted by Crippen LogP contribution is 2.25. The van der Waals surface area contributed by atoms with Crippen molar-refractivity contribution in [3.05, 3.63) is 53.3 Å². The molecule has 0 unspecified atom stereocenters. The molecule has 1 aromatic heterocycles. The summed E-state index contributed by atoms with van der Waals surface area (Å²) in [4.78, 5) is 14.4. The number of hydrogen-bond donors (Lipinski definition) is 0. The van der Waals surface area contributed by atoms with Gasteiger partial charge in [0, 0.05) is 33.4 Å². The summed E-state index contributed by atoms with van der Waals surface area (Å²) < 4.78 is 7.36. The summed E-state index contributed by atoms with van der Waals surface area (Å²) >= 11 is 0. The fraction of sp³-hybridized carbons (Fsp3) is 0.474. The normalized spacial score (nSPS) is 21.0. The van der Waals surface area contributed by atoms with Crippen molar-refractivity contribution in [3.63, 3.8) is 0 Å². The van der Waals surface area contributed by atoms with Crippen molar-refractivity contribution in [3.8, 4) is 0 Å². The smallest absolute Gasteiger partial charge is 0.274 e. The molecule has 2 aromatic rings. The largest absolute Gasteiger partial charge is 0.379 e. The first-order valence-electron chi connectivity index (χ1n) is 8.44. The van der Waals surface area contributed by atoms with Crippen LogP contribution >= 0.6 is 0 Å². The number of aromatic nitrogens is 2. The van der Waals surface area contributed by atoms with E-state index >= 15 is 0 Å². The van der Waals surface area contributed by atoms with Crippen molar-refractivity contribution in [1.29, 1.82) is 0 Å². The zero-order valence-corrected chi connectivity index (χ0v) is 14.6. The molecule has 5 nitrogen and oxygen atoms in total. The minimum absolute atomic E-state index is 0.00793. The summed E-state index contributed by atoms with van der Waals surface area (Å²) in [7, 11) is 3.56. The van der Waals surface area contributed by atoms with Gasteiger partial charge in [0.15, 0.2) is 0 Å². The number of hydrogen-bond acceptors (Lipinski definition) is 3. The molecule has 1 aromatic carbocycles. The zero-order chi connectivity index (χ0) is 17.1. The van der Waals surface area contributed by atoms with Gasteiger partial charge in [-0.15, -0.1) is 0 Å². The van der Waals surface area contributed by atoms with E-state index in [1.807, 2.05) is 11.9 Å². The molecule has 0 spiro atoms. The molecule has 1 aliphatic heterocycles. The Kier molecular flexibility index (Phi) is 5.00. The van der Waals surface area contributed by atoms with Crippen molar-refractivity contribution in [2.45, 2.75) is 25.9 Å². The van der Waals surface area contributed by atoms with Crippen LogP contribution < -0.4 is 0 Å². The summed E-state index contributed by atoms with van der Waals surface area (Å²) in [6.45, 7) is 3.48. The standard InChI is InChI=1S/C19H25N3O2/c1-14-4-6-15(7-5-14)12-16-8-11-22(13-18(16)24-3)19(23)17-9-10-21(2)20-17/h4-7,9-10,16,18H,8,11-13H2,1-3H3/t16-,18+/m1/s1. The lowest BCUT2D eigenvalue weighted by atomic mass is 9.87. The summed E-state index contributed by atoms with van der Waals surface area (Å²) in [5.41, 5.74) is 3.11. The Labute approximate surface area is 143 Å². The predicted octanol–water partition coefficient (Wildman–Crippen LogP) is 2.45. The van der Waals surface area contributed by atoms with E-state index in [1.165, 1.54) is 11.1 Å². The lowest BCUT2D eigenvalue weighted by Gasteiger charge is -2.37. The van der Waals surface area contributed by atoms with E-state index in [2.05, 4.69) is 36.3 Å². The van der Waals surface area contributed by atoms with Crippen LogP contribution in [0.3, 0.4) is 0 Å². The van der Waals surface area contributed by atoms with Gasteiger partial charge >= 0.3 is 0 Å². The second-order valence-electron chi connectivity index (χ2n) is 6.64. The molecular weight excluding hydrogens is 302 g/mol. The fourth-order valence-corrected chi connectivity index (χ4v) is 3.37. The molecule has 2 atom stereocenters. The van der Waals surface area contributed by atoms with Gasteiger partial charge in [0.25, 0.3) is 5.91 Å². The Morgan fingerprint density at radius 2 is 2.04 bits per heavy atom. The number of likely N-dealkylation sites (tertiary alicyclic amines) is 1. The maximum atomic E-state index is 12.6. The van der Waals surface area contributed by atoms with Gasteiger partial charge < -0.3 is 9.64 Å². The number of piperidine rings is 1. The van der Waals surface area contributed by atoms with Crippen LogP contribution in [-0.2, 0) is 18.2 Å². The zero-order valence-electron chi connectivity index (χ0n) is 14.6. The predicted molar refractivity (Wildman–Crippen MR) is 92.9 cm³/mol. The van der Waals surface area contributed by atoms with E-state index in [0.717, 1.165) is 19.4 Å². The van der Waals surface area contributed by atoms with Gasteiger partial charge in [0.2, 0.25) is 0 Å². The highest BCUT2D eigenvalue weighted by atomic mass is 16.5. The molecule has 0 N–H and O–H groups in total. The summed E-state index contributed by atoms with van der Waals surface area (Å²) in [6, 6.07) is 10.4. The summed E-state index contributed by atoms with van der Waals surface area (Å²) in [5.74, 6) is 0.428. The first-order chi connectivity index (χ1) is 11.6. The number of carbonyl (C=O) groups is 1. The third-order valence-electron chi connectivity index (χ3n) is 4.84. The topological polar surface area (TPSA) is 47.4 Å². The van der Waals surface area contributed by atoms with Crippen molar-refractivity contribution >= 4 is 5.91 Å². The third-order valence-corrected chi connectivity index (χ3v) is 4.84. The highest BCUT2D eigenvalue weighted by molar-refractivity contribution is 5.92. The van der Waals surface area contributed by atoms with Crippen molar-refractivity contribution in [1.82, 2.24) is 14.7 Å². The van der Waals surface area contributed by atoms with Gasteiger partial charge in [-0.05, 0) is 37.3 Å².